The predicted octanol–water partition coefficient (Wildman–Crippen LogP) is 5.94. The Morgan fingerprint density at radius 3 is 2.15 bits per heavy atom. The molecule has 0 aliphatic rings. The monoisotopic (exact) mass is 535 g/mol. The molecule has 0 saturated heterocycles. The quantitative estimate of drug-likeness (QED) is 0.119. The first-order valence-electron chi connectivity index (χ1n) is 12.7. The van der Waals surface area contributed by atoms with Crippen LogP contribution in [0.25, 0.3) is 0 Å². The number of benzene rings is 4. The van der Waals surface area contributed by atoms with Gasteiger partial charge in [0.1, 0.15) is 0 Å². The number of amides is 2. The molecule has 0 unspecified atom stereocenters. The van der Waals surface area contributed by atoms with Crippen molar-refractivity contribution in [2.24, 2.45) is 5.10 Å². The summed E-state index contributed by atoms with van der Waals surface area (Å²) in [6, 6.07) is 25.9. The minimum atomic E-state index is -0.487. The Balaban J connectivity index is 1.36. The van der Waals surface area contributed by atoms with Gasteiger partial charge in [-0.3, -0.25) is 9.59 Å². The number of nitrogens with one attached hydrogen (secondary N) is 2. The smallest absolute Gasteiger partial charge is 0.343 e. The molecule has 8 nitrogen and oxygen atoms in total. The molecule has 0 aliphatic carbocycles. The average Bonchev–Trinajstić information content (AvgIpc) is 2.95. The topological polar surface area (TPSA) is 106 Å². The predicted molar refractivity (Wildman–Crippen MR) is 154 cm³/mol. The fourth-order valence-corrected chi connectivity index (χ4v) is 3.73. The van der Waals surface area contributed by atoms with Gasteiger partial charge < -0.3 is 14.8 Å². The van der Waals surface area contributed by atoms with Gasteiger partial charge in [-0.1, -0.05) is 35.4 Å². The zero-order chi connectivity index (χ0) is 28.5. The van der Waals surface area contributed by atoms with Gasteiger partial charge in [0.05, 0.1) is 18.4 Å². The molecule has 0 bridgehead atoms. The first-order valence-corrected chi connectivity index (χ1v) is 12.7. The molecule has 0 heterocycles. The summed E-state index contributed by atoms with van der Waals surface area (Å²) in [7, 11) is 0. The van der Waals surface area contributed by atoms with Crippen LogP contribution < -0.4 is 20.2 Å². The van der Waals surface area contributed by atoms with Crippen molar-refractivity contribution in [3.63, 3.8) is 0 Å². The number of anilines is 1. The summed E-state index contributed by atoms with van der Waals surface area (Å²) in [6.45, 7) is 6.05. The van der Waals surface area contributed by atoms with Gasteiger partial charge in [-0.2, -0.15) is 5.10 Å². The zero-order valence-electron chi connectivity index (χ0n) is 22.4. The SMILES string of the molecule is CCOc1cc(/C=N\NC(=O)c2ccc(NC(=O)c3ccc(C)cc3)cc2)ccc1OC(=O)c1cccc(C)c1. The maximum atomic E-state index is 12.6. The third-order valence-corrected chi connectivity index (χ3v) is 5.82. The highest BCUT2D eigenvalue weighted by atomic mass is 16.6. The Bertz CT molecular complexity index is 1540. The largest absolute Gasteiger partial charge is 0.490 e. The Hall–Kier alpha value is -5.24. The minimum absolute atomic E-state index is 0.232. The molecule has 0 radical (unpaired) electrons. The Kier molecular flexibility index (Phi) is 9.04. The van der Waals surface area contributed by atoms with Crippen molar-refractivity contribution in [1.29, 1.82) is 0 Å². The number of esters is 1. The number of nitrogens with zero attached hydrogens (tertiary/aromatic N) is 1. The third-order valence-electron chi connectivity index (χ3n) is 5.82. The van der Waals surface area contributed by atoms with E-state index in [1.54, 1.807) is 72.8 Å². The summed E-state index contributed by atoms with van der Waals surface area (Å²) in [5, 5.41) is 6.84. The van der Waals surface area contributed by atoms with Gasteiger partial charge in [0, 0.05) is 16.8 Å². The van der Waals surface area contributed by atoms with Crippen molar-refractivity contribution in [2.45, 2.75) is 20.8 Å². The summed E-state index contributed by atoms with van der Waals surface area (Å²) in [6.07, 6.45) is 1.46. The first kappa shape index (κ1) is 27.8. The zero-order valence-corrected chi connectivity index (χ0v) is 22.4. The van der Waals surface area contributed by atoms with E-state index in [1.165, 1.54) is 6.21 Å². The molecular weight excluding hydrogens is 506 g/mol. The van der Waals surface area contributed by atoms with Crippen molar-refractivity contribution in [3.05, 3.63) is 124 Å². The molecular formula is C32H29N3O5. The van der Waals surface area contributed by atoms with Crippen molar-refractivity contribution < 1.29 is 23.9 Å². The summed E-state index contributed by atoms with van der Waals surface area (Å²) in [5.74, 6) is -0.476. The van der Waals surface area contributed by atoms with Crippen LogP contribution in [0.1, 0.15) is 54.7 Å². The molecule has 4 aromatic carbocycles. The van der Waals surface area contributed by atoms with Gasteiger partial charge in [-0.05, 0) is 93.1 Å². The lowest BCUT2D eigenvalue weighted by molar-refractivity contribution is 0.0727. The van der Waals surface area contributed by atoms with Gasteiger partial charge in [-0.25, -0.2) is 10.2 Å². The minimum Gasteiger partial charge on any atom is -0.490 e. The van der Waals surface area contributed by atoms with Crippen molar-refractivity contribution in [2.75, 3.05) is 11.9 Å². The molecule has 0 aromatic heterocycles. The molecule has 2 N–H and O–H groups in total. The van der Waals surface area contributed by atoms with Crippen LogP contribution in [0.2, 0.25) is 0 Å². The van der Waals surface area contributed by atoms with Crippen LogP contribution in [0.15, 0.2) is 96.1 Å². The van der Waals surface area contributed by atoms with Gasteiger partial charge in [0.15, 0.2) is 11.5 Å². The summed E-state index contributed by atoms with van der Waals surface area (Å²) >= 11 is 0. The second-order valence-corrected chi connectivity index (χ2v) is 8.99. The summed E-state index contributed by atoms with van der Waals surface area (Å²) < 4.78 is 11.2. The molecule has 4 aromatic rings. The van der Waals surface area contributed by atoms with Crippen molar-refractivity contribution in [1.82, 2.24) is 5.43 Å². The second-order valence-electron chi connectivity index (χ2n) is 8.99. The van der Waals surface area contributed by atoms with Crippen LogP contribution in [0.5, 0.6) is 11.5 Å². The standard InChI is InChI=1S/C32H29N3O5/c1-4-39-29-19-23(10-17-28(29)40-32(38)26-7-5-6-22(3)18-26)20-33-35-31(37)25-13-15-27(16-14-25)34-30(36)24-11-8-21(2)9-12-24/h5-20H,4H2,1-3H3,(H,34,36)(H,35,37)/b33-20-. The van der Waals surface area contributed by atoms with Gasteiger partial charge in [-0.15, -0.1) is 0 Å². The normalized spacial score (nSPS) is 10.7. The van der Waals surface area contributed by atoms with Crippen LogP contribution in [-0.4, -0.2) is 30.6 Å². The number of carbonyl (C=O) groups is 3. The first-order chi connectivity index (χ1) is 19.3. The van der Waals surface area contributed by atoms with Crippen LogP contribution in [-0.2, 0) is 0 Å². The van der Waals surface area contributed by atoms with E-state index in [-0.39, 0.29) is 11.7 Å². The van der Waals surface area contributed by atoms with Crippen LogP contribution >= 0.6 is 0 Å². The highest BCUT2D eigenvalue weighted by Gasteiger charge is 2.14. The summed E-state index contributed by atoms with van der Waals surface area (Å²) in [5.41, 5.74) is 7.07. The number of carbonyl (C=O) groups excluding carboxylic acids is 3. The molecule has 0 saturated carbocycles. The van der Waals surface area contributed by atoms with Crippen LogP contribution in [0, 0.1) is 13.8 Å². The number of hydrogen-bond acceptors (Lipinski definition) is 6. The van der Waals surface area contributed by atoms with Crippen LogP contribution in [0.4, 0.5) is 5.69 Å². The lowest BCUT2D eigenvalue weighted by Gasteiger charge is -2.11. The maximum Gasteiger partial charge on any atom is 0.343 e. The molecule has 0 spiro atoms. The van der Waals surface area contributed by atoms with E-state index in [0.29, 0.717) is 40.3 Å². The number of hydrazone groups is 1. The lowest BCUT2D eigenvalue weighted by Crippen LogP contribution is -2.18. The maximum absolute atomic E-state index is 12.6. The second kappa shape index (κ2) is 13.0. The highest BCUT2D eigenvalue weighted by molar-refractivity contribution is 6.04. The molecule has 40 heavy (non-hydrogen) atoms. The molecule has 0 fully saturated rings. The molecule has 0 aliphatic heterocycles. The fraction of sp³-hybridized carbons (Fsp3) is 0.125. The summed E-state index contributed by atoms with van der Waals surface area (Å²) in [4.78, 5) is 37.5. The van der Waals surface area contributed by atoms with Gasteiger partial charge in [0.2, 0.25) is 0 Å². The third kappa shape index (κ3) is 7.41. The Labute approximate surface area is 232 Å². The van der Waals surface area contributed by atoms with Crippen LogP contribution in [0.3, 0.4) is 0 Å². The van der Waals surface area contributed by atoms with E-state index < -0.39 is 11.9 Å². The number of hydrogen-bond donors (Lipinski definition) is 2. The molecule has 0 atom stereocenters. The number of ether oxygens (including phenoxy) is 2. The van der Waals surface area contributed by atoms with Crippen molar-refractivity contribution >= 4 is 29.7 Å². The Morgan fingerprint density at radius 1 is 0.750 bits per heavy atom. The lowest BCUT2D eigenvalue weighted by atomic mass is 10.1. The number of rotatable bonds is 9. The van der Waals surface area contributed by atoms with Crippen molar-refractivity contribution in [3.8, 4) is 11.5 Å². The van der Waals surface area contributed by atoms with E-state index in [0.717, 1.165) is 11.1 Å². The fourth-order valence-electron chi connectivity index (χ4n) is 3.73. The van der Waals surface area contributed by atoms with Gasteiger partial charge in [0.25, 0.3) is 11.8 Å². The average molecular weight is 536 g/mol. The van der Waals surface area contributed by atoms with E-state index in [4.69, 9.17) is 9.47 Å². The van der Waals surface area contributed by atoms with E-state index in [2.05, 4.69) is 15.8 Å². The van der Waals surface area contributed by atoms with E-state index in [1.807, 2.05) is 39.0 Å². The molecule has 4 rings (SSSR count). The number of aryl methyl sites for hydroxylation is 2. The Morgan fingerprint density at radius 2 is 1.45 bits per heavy atom. The van der Waals surface area contributed by atoms with Gasteiger partial charge >= 0.3 is 5.97 Å². The molecule has 8 heteroatoms. The molecule has 202 valence electrons. The van der Waals surface area contributed by atoms with E-state index in [9.17, 15) is 14.4 Å². The highest BCUT2D eigenvalue weighted by Crippen LogP contribution is 2.29. The van der Waals surface area contributed by atoms with E-state index >= 15 is 0 Å². The molecule has 2 amide bonds.